The molecule has 23 heavy (non-hydrogen) atoms. The van der Waals surface area contributed by atoms with Crippen molar-refractivity contribution in [3.05, 3.63) is 53.6 Å². The van der Waals surface area contributed by atoms with Gasteiger partial charge < -0.3 is 10.6 Å². The summed E-state index contributed by atoms with van der Waals surface area (Å²) in [6.07, 6.45) is 0. The molecule has 0 aromatic heterocycles. The summed E-state index contributed by atoms with van der Waals surface area (Å²) in [6, 6.07) is 14.7. The molecule has 4 nitrogen and oxygen atoms in total. The Hall–Kier alpha value is -1.98. The Morgan fingerprint density at radius 3 is 2.39 bits per heavy atom. The third-order valence-corrected chi connectivity index (χ3v) is 4.40. The van der Waals surface area contributed by atoms with Gasteiger partial charge in [-0.2, -0.15) is 0 Å². The monoisotopic (exact) mass is 348 g/mol. The third kappa shape index (κ3) is 5.30. The quantitative estimate of drug-likeness (QED) is 0.786. The minimum Gasteiger partial charge on any atom is -0.325 e. The van der Waals surface area contributed by atoms with E-state index in [4.69, 9.17) is 11.6 Å². The smallest absolute Gasteiger partial charge is 0.237 e. The van der Waals surface area contributed by atoms with Gasteiger partial charge in [0, 0.05) is 17.5 Å². The summed E-state index contributed by atoms with van der Waals surface area (Å²) in [5.74, 6) is -0.307. The highest BCUT2D eigenvalue weighted by atomic mass is 35.5. The van der Waals surface area contributed by atoms with E-state index < -0.39 is 0 Å². The zero-order chi connectivity index (χ0) is 16.8. The molecule has 0 bridgehead atoms. The van der Waals surface area contributed by atoms with Crippen molar-refractivity contribution in [3.63, 3.8) is 0 Å². The maximum atomic E-state index is 12.2. The second-order valence-electron chi connectivity index (χ2n) is 4.94. The highest BCUT2D eigenvalue weighted by Crippen LogP contribution is 2.27. The van der Waals surface area contributed by atoms with E-state index >= 15 is 0 Å². The van der Waals surface area contributed by atoms with Crippen LogP contribution in [0.2, 0.25) is 5.02 Å². The number of carbonyl (C=O) groups is 2. The van der Waals surface area contributed by atoms with Crippen molar-refractivity contribution in [1.29, 1.82) is 0 Å². The van der Waals surface area contributed by atoms with Crippen molar-refractivity contribution in [2.24, 2.45) is 0 Å². The molecule has 0 spiro atoms. The Balaban J connectivity index is 1.99. The average Bonchev–Trinajstić information content (AvgIpc) is 2.50. The predicted molar refractivity (Wildman–Crippen MR) is 96.1 cm³/mol. The predicted octanol–water partition coefficient (Wildman–Crippen LogP) is 4.42. The van der Waals surface area contributed by atoms with Crippen molar-refractivity contribution < 1.29 is 9.59 Å². The van der Waals surface area contributed by atoms with Crippen LogP contribution in [0.1, 0.15) is 13.8 Å². The van der Waals surface area contributed by atoms with E-state index in [0.717, 1.165) is 4.90 Å². The topological polar surface area (TPSA) is 58.2 Å². The number of benzene rings is 2. The fraction of sp³-hybridized carbons (Fsp3) is 0.176. The normalized spacial score (nSPS) is 11.6. The van der Waals surface area contributed by atoms with Crippen LogP contribution in [-0.2, 0) is 9.59 Å². The van der Waals surface area contributed by atoms with Crippen LogP contribution in [0.3, 0.4) is 0 Å². The number of hydrogen-bond acceptors (Lipinski definition) is 3. The van der Waals surface area contributed by atoms with Gasteiger partial charge in [-0.3, -0.25) is 9.59 Å². The molecule has 2 aromatic rings. The first-order valence-electron chi connectivity index (χ1n) is 7.05. The molecule has 0 radical (unpaired) electrons. The largest absolute Gasteiger partial charge is 0.325 e. The van der Waals surface area contributed by atoms with E-state index in [2.05, 4.69) is 10.6 Å². The number of halogens is 1. The van der Waals surface area contributed by atoms with Crippen LogP contribution in [-0.4, -0.2) is 17.1 Å². The highest BCUT2D eigenvalue weighted by molar-refractivity contribution is 8.00. The first-order valence-corrected chi connectivity index (χ1v) is 8.31. The number of anilines is 2. The van der Waals surface area contributed by atoms with Gasteiger partial charge in [0.1, 0.15) is 0 Å². The van der Waals surface area contributed by atoms with Crippen molar-refractivity contribution in [2.75, 3.05) is 10.6 Å². The summed E-state index contributed by atoms with van der Waals surface area (Å²) >= 11 is 7.58. The van der Waals surface area contributed by atoms with E-state index in [1.807, 2.05) is 37.3 Å². The molecule has 2 aromatic carbocycles. The molecule has 6 heteroatoms. The summed E-state index contributed by atoms with van der Waals surface area (Å²) in [5, 5.41) is 5.58. The van der Waals surface area contributed by atoms with Gasteiger partial charge in [-0.25, -0.2) is 0 Å². The van der Waals surface area contributed by atoms with Crippen LogP contribution in [0, 0.1) is 0 Å². The van der Waals surface area contributed by atoms with Crippen LogP contribution in [0.15, 0.2) is 53.4 Å². The van der Waals surface area contributed by atoms with Gasteiger partial charge >= 0.3 is 0 Å². The van der Waals surface area contributed by atoms with E-state index in [9.17, 15) is 9.59 Å². The summed E-state index contributed by atoms with van der Waals surface area (Å²) in [7, 11) is 0. The molecule has 2 N–H and O–H groups in total. The molecule has 0 aliphatic rings. The number of nitrogens with one attached hydrogen (secondary N) is 2. The van der Waals surface area contributed by atoms with Gasteiger partial charge in [0.25, 0.3) is 0 Å². The van der Waals surface area contributed by atoms with E-state index in [0.29, 0.717) is 16.4 Å². The molecule has 0 aliphatic heterocycles. The van der Waals surface area contributed by atoms with Gasteiger partial charge in [0.2, 0.25) is 11.8 Å². The summed E-state index contributed by atoms with van der Waals surface area (Å²) in [4.78, 5) is 24.3. The Kier molecular flexibility index (Phi) is 6.07. The van der Waals surface area contributed by atoms with Gasteiger partial charge in [0.15, 0.2) is 0 Å². The maximum Gasteiger partial charge on any atom is 0.237 e. The minimum atomic E-state index is -0.244. The first kappa shape index (κ1) is 17.4. The van der Waals surface area contributed by atoms with Crippen molar-refractivity contribution >= 4 is 46.6 Å². The first-order chi connectivity index (χ1) is 11.0. The zero-order valence-electron chi connectivity index (χ0n) is 12.8. The average molecular weight is 349 g/mol. The van der Waals surface area contributed by atoms with Crippen LogP contribution in [0.4, 0.5) is 11.4 Å². The molecule has 0 heterocycles. The van der Waals surface area contributed by atoms with Crippen molar-refractivity contribution in [1.82, 2.24) is 0 Å². The number of thioether (sulfide) groups is 1. The fourth-order valence-electron chi connectivity index (χ4n) is 1.88. The van der Waals surface area contributed by atoms with Gasteiger partial charge in [-0.05, 0) is 37.3 Å². The standard InChI is InChI=1S/C17H17ClN2O2S/c1-11(23-14-6-4-3-5-7-14)17(22)20-13-8-9-16(15(18)10-13)19-12(2)21/h3-11H,1-2H3,(H,19,21)(H,20,22)/t11-/m0/s1. The Morgan fingerprint density at radius 1 is 1.09 bits per heavy atom. The van der Waals surface area contributed by atoms with E-state index in [-0.39, 0.29) is 17.1 Å². The lowest BCUT2D eigenvalue weighted by Crippen LogP contribution is -2.22. The van der Waals surface area contributed by atoms with Crippen molar-refractivity contribution in [2.45, 2.75) is 24.0 Å². The summed E-state index contributed by atoms with van der Waals surface area (Å²) in [6.45, 7) is 3.26. The molecule has 0 fully saturated rings. The molecule has 0 saturated carbocycles. The van der Waals surface area contributed by atoms with Gasteiger partial charge in [-0.1, -0.05) is 29.8 Å². The maximum absolute atomic E-state index is 12.2. The van der Waals surface area contributed by atoms with Crippen LogP contribution < -0.4 is 10.6 Å². The fourth-order valence-corrected chi connectivity index (χ4v) is 3.00. The second kappa shape index (κ2) is 8.04. The molecule has 0 aliphatic carbocycles. The molecule has 1 atom stereocenters. The number of rotatable bonds is 5. The molecule has 2 rings (SSSR count). The van der Waals surface area contributed by atoms with E-state index in [1.54, 1.807) is 18.2 Å². The lowest BCUT2D eigenvalue weighted by atomic mass is 10.2. The summed E-state index contributed by atoms with van der Waals surface area (Å²) < 4.78 is 0. The van der Waals surface area contributed by atoms with Crippen molar-refractivity contribution in [3.8, 4) is 0 Å². The zero-order valence-corrected chi connectivity index (χ0v) is 14.4. The van der Waals surface area contributed by atoms with E-state index in [1.165, 1.54) is 18.7 Å². The molecular formula is C17H17ClN2O2S. The lowest BCUT2D eigenvalue weighted by Gasteiger charge is -2.13. The number of carbonyl (C=O) groups excluding carboxylic acids is 2. The minimum absolute atomic E-state index is 0.109. The molecule has 120 valence electrons. The number of amides is 2. The Morgan fingerprint density at radius 2 is 1.78 bits per heavy atom. The Labute approximate surface area is 144 Å². The Bertz CT molecular complexity index is 707. The van der Waals surface area contributed by atoms with Crippen LogP contribution in [0.25, 0.3) is 0 Å². The van der Waals surface area contributed by atoms with Gasteiger partial charge in [0.05, 0.1) is 16.0 Å². The highest BCUT2D eigenvalue weighted by Gasteiger charge is 2.15. The SMILES string of the molecule is CC(=O)Nc1ccc(NC(=O)[C@H](C)Sc2ccccc2)cc1Cl. The molecular weight excluding hydrogens is 332 g/mol. The third-order valence-electron chi connectivity index (χ3n) is 2.97. The van der Waals surface area contributed by atoms with Crippen LogP contribution in [0.5, 0.6) is 0 Å². The molecule has 0 unspecified atom stereocenters. The molecule has 0 saturated heterocycles. The summed E-state index contributed by atoms with van der Waals surface area (Å²) in [5.41, 5.74) is 1.11. The van der Waals surface area contributed by atoms with Crippen LogP contribution >= 0.6 is 23.4 Å². The second-order valence-corrected chi connectivity index (χ2v) is 6.76. The number of hydrogen-bond donors (Lipinski definition) is 2. The molecule has 2 amide bonds. The lowest BCUT2D eigenvalue weighted by molar-refractivity contribution is -0.115. The van der Waals surface area contributed by atoms with Gasteiger partial charge in [-0.15, -0.1) is 11.8 Å².